The average molecular weight is 333 g/mol. The molecule has 0 heterocycles. The van der Waals surface area contributed by atoms with Crippen LogP contribution in [0.4, 0.5) is 0 Å². The van der Waals surface area contributed by atoms with Crippen molar-refractivity contribution in [3.8, 4) is 11.5 Å². The first kappa shape index (κ1) is 16.2. The summed E-state index contributed by atoms with van der Waals surface area (Å²) in [7, 11) is 5.36. The van der Waals surface area contributed by atoms with Gasteiger partial charge < -0.3 is 25.2 Å². The van der Waals surface area contributed by atoms with Crippen molar-refractivity contribution in [3.63, 3.8) is 0 Å². The van der Waals surface area contributed by atoms with E-state index in [1.807, 2.05) is 19.0 Å². The van der Waals surface area contributed by atoms with Crippen molar-refractivity contribution in [1.82, 2.24) is 10.2 Å². The highest BCUT2D eigenvalue weighted by molar-refractivity contribution is 9.10. The van der Waals surface area contributed by atoms with Crippen LogP contribution in [0.25, 0.3) is 0 Å². The summed E-state index contributed by atoms with van der Waals surface area (Å²) in [6.07, 6.45) is -0.409. The number of nitrogens with zero attached hydrogens (tertiary/aromatic N) is 1. The van der Waals surface area contributed by atoms with Crippen LogP contribution in [0.1, 0.15) is 5.56 Å². The van der Waals surface area contributed by atoms with Crippen molar-refractivity contribution in [2.75, 3.05) is 34.3 Å². The Morgan fingerprint density at radius 1 is 1.42 bits per heavy atom. The number of phenols is 1. The van der Waals surface area contributed by atoms with E-state index in [0.717, 1.165) is 10.0 Å². The number of phenolic OH excluding ortho intramolecular Hbond substituents is 1. The molecule has 0 aliphatic carbocycles. The first-order chi connectivity index (χ1) is 8.93. The van der Waals surface area contributed by atoms with Gasteiger partial charge in [-0.05, 0) is 31.8 Å². The average Bonchev–Trinajstić information content (AvgIpc) is 2.31. The highest BCUT2D eigenvalue weighted by atomic mass is 79.9. The van der Waals surface area contributed by atoms with Gasteiger partial charge in [0.15, 0.2) is 11.5 Å². The van der Waals surface area contributed by atoms with E-state index >= 15 is 0 Å². The van der Waals surface area contributed by atoms with Gasteiger partial charge in [0.2, 0.25) is 0 Å². The van der Waals surface area contributed by atoms with Gasteiger partial charge in [0.1, 0.15) is 0 Å². The zero-order chi connectivity index (χ0) is 14.4. The summed E-state index contributed by atoms with van der Waals surface area (Å²) in [5.41, 5.74) is 0.965. The molecule has 0 saturated carbocycles. The Morgan fingerprint density at radius 3 is 2.68 bits per heavy atom. The van der Waals surface area contributed by atoms with E-state index in [1.54, 1.807) is 12.1 Å². The minimum atomic E-state index is -0.409. The molecule has 5 nitrogen and oxygen atoms in total. The lowest BCUT2D eigenvalue weighted by molar-refractivity contribution is 0.134. The molecule has 6 heteroatoms. The van der Waals surface area contributed by atoms with Crippen LogP contribution < -0.4 is 10.1 Å². The molecule has 1 aromatic carbocycles. The summed E-state index contributed by atoms with van der Waals surface area (Å²) in [4.78, 5) is 1.94. The number of aliphatic hydroxyl groups is 1. The standard InChI is InChI=1S/C13H21BrN2O3/c1-16(2)8-10(17)7-15-6-9-4-13(19-3)12(18)5-11(9)14/h4-5,10,15,17-18H,6-8H2,1-3H3. The van der Waals surface area contributed by atoms with Crippen molar-refractivity contribution in [2.45, 2.75) is 12.6 Å². The minimum Gasteiger partial charge on any atom is -0.504 e. The quantitative estimate of drug-likeness (QED) is 0.699. The molecule has 1 atom stereocenters. The third-order valence-electron chi connectivity index (χ3n) is 2.62. The number of ether oxygens (including phenoxy) is 1. The summed E-state index contributed by atoms with van der Waals surface area (Å²) in [6, 6.07) is 3.37. The topological polar surface area (TPSA) is 65.0 Å². The predicted octanol–water partition coefficient (Wildman–Crippen LogP) is 1.18. The predicted molar refractivity (Wildman–Crippen MR) is 78.6 cm³/mol. The Hall–Kier alpha value is -0.820. The molecule has 0 bridgehead atoms. The molecule has 108 valence electrons. The molecule has 0 spiro atoms. The number of rotatable bonds is 7. The number of halogens is 1. The number of likely N-dealkylation sites (N-methyl/N-ethyl adjacent to an activating group) is 1. The van der Waals surface area contributed by atoms with Gasteiger partial charge in [0.05, 0.1) is 13.2 Å². The maximum Gasteiger partial charge on any atom is 0.160 e. The number of aliphatic hydroxyl groups excluding tert-OH is 1. The largest absolute Gasteiger partial charge is 0.504 e. The molecule has 0 aromatic heterocycles. The number of hydrogen-bond acceptors (Lipinski definition) is 5. The number of nitrogens with one attached hydrogen (secondary N) is 1. The number of aromatic hydroxyl groups is 1. The van der Waals surface area contributed by atoms with E-state index in [9.17, 15) is 10.2 Å². The Kier molecular flexibility index (Phi) is 6.57. The van der Waals surface area contributed by atoms with Crippen LogP contribution in [-0.2, 0) is 6.54 Å². The summed E-state index contributed by atoms with van der Waals surface area (Å²) in [6.45, 7) is 1.71. The molecule has 0 saturated heterocycles. The Balaban J connectivity index is 2.53. The number of hydrogen-bond donors (Lipinski definition) is 3. The van der Waals surface area contributed by atoms with Gasteiger partial charge in [-0.15, -0.1) is 0 Å². The third kappa shape index (κ3) is 5.36. The molecule has 0 fully saturated rings. The van der Waals surface area contributed by atoms with Crippen LogP contribution >= 0.6 is 15.9 Å². The first-order valence-electron chi connectivity index (χ1n) is 6.03. The fraction of sp³-hybridized carbons (Fsp3) is 0.538. The second-order valence-corrected chi connectivity index (χ2v) is 5.52. The number of benzene rings is 1. The van der Waals surface area contributed by atoms with Crippen molar-refractivity contribution >= 4 is 15.9 Å². The van der Waals surface area contributed by atoms with Gasteiger partial charge >= 0.3 is 0 Å². The van der Waals surface area contributed by atoms with Gasteiger partial charge in [-0.1, -0.05) is 15.9 Å². The van der Waals surface area contributed by atoms with Gasteiger partial charge in [-0.3, -0.25) is 0 Å². The normalized spacial score (nSPS) is 12.7. The Morgan fingerprint density at radius 2 is 2.11 bits per heavy atom. The molecule has 0 aliphatic rings. The minimum absolute atomic E-state index is 0.103. The van der Waals surface area contributed by atoms with Crippen molar-refractivity contribution in [3.05, 3.63) is 22.2 Å². The van der Waals surface area contributed by atoms with Crippen LogP contribution in [0.2, 0.25) is 0 Å². The van der Waals surface area contributed by atoms with Crippen molar-refractivity contribution in [2.24, 2.45) is 0 Å². The molecule has 0 aliphatic heterocycles. The van der Waals surface area contributed by atoms with E-state index in [-0.39, 0.29) is 5.75 Å². The second-order valence-electron chi connectivity index (χ2n) is 4.66. The maximum absolute atomic E-state index is 9.73. The fourth-order valence-electron chi connectivity index (χ4n) is 1.74. The van der Waals surface area contributed by atoms with Crippen LogP contribution in [0.3, 0.4) is 0 Å². The summed E-state index contributed by atoms with van der Waals surface area (Å²) < 4.78 is 5.87. The van der Waals surface area contributed by atoms with Crippen LogP contribution in [-0.4, -0.2) is 55.5 Å². The fourth-order valence-corrected chi connectivity index (χ4v) is 2.21. The van der Waals surface area contributed by atoms with Crippen molar-refractivity contribution < 1.29 is 14.9 Å². The Labute approximate surface area is 122 Å². The van der Waals surface area contributed by atoms with E-state index < -0.39 is 6.10 Å². The maximum atomic E-state index is 9.73. The summed E-state index contributed by atoms with van der Waals surface area (Å²) >= 11 is 3.39. The lowest BCUT2D eigenvalue weighted by Crippen LogP contribution is -2.34. The summed E-state index contributed by atoms with van der Waals surface area (Å²) in [5, 5.41) is 22.5. The molecule has 1 rings (SSSR count). The smallest absolute Gasteiger partial charge is 0.160 e. The molecule has 0 radical (unpaired) electrons. The molecule has 19 heavy (non-hydrogen) atoms. The van der Waals surface area contributed by atoms with Crippen LogP contribution in [0.5, 0.6) is 11.5 Å². The monoisotopic (exact) mass is 332 g/mol. The zero-order valence-corrected chi connectivity index (χ0v) is 13.1. The van der Waals surface area contributed by atoms with Gasteiger partial charge in [-0.25, -0.2) is 0 Å². The van der Waals surface area contributed by atoms with Crippen LogP contribution in [0.15, 0.2) is 16.6 Å². The van der Waals surface area contributed by atoms with Crippen molar-refractivity contribution in [1.29, 1.82) is 0 Å². The third-order valence-corrected chi connectivity index (χ3v) is 3.36. The van der Waals surface area contributed by atoms with E-state index in [2.05, 4.69) is 21.2 Å². The lowest BCUT2D eigenvalue weighted by atomic mass is 10.2. The van der Waals surface area contributed by atoms with E-state index in [0.29, 0.717) is 25.4 Å². The Bertz CT molecular complexity index is 413. The molecule has 1 unspecified atom stereocenters. The zero-order valence-electron chi connectivity index (χ0n) is 11.5. The molecule has 3 N–H and O–H groups in total. The molecule has 1 aromatic rings. The molecular weight excluding hydrogens is 312 g/mol. The highest BCUT2D eigenvalue weighted by Crippen LogP contribution is 2.32. The van der Waals surface area contributed by atoms with Gasteiger partial charge in [0, 0.05) is 24.1 Å². The number of methoxy groups -OCH3 is 1. The molecular formula is C13H21BrN2O3. The van der Waals surface area contributed by atoms with E-state index in [1.165, 1.54) is 7.11 Å². The van der Waals surface area contributed by atoms with E-state index in [4.69, 9.17) is 4.74 Å². The summed E-state index contributed by atoms with van der Waals surface area (Å²) in [5.74, 6) is 0.541. The highest BCUT2D eigenvalue weighted by Gasteiger charge is 2.09. The van der Waals surface area contributed by atoms with Gasteiger partial charge in [-0.2, -0.15) is 0 Å². The lowest BCUT2D eigenvalue weighted by Gasteiger charge is -2.17. The second kappa shape index (κ2) is 7.69. The molecule has 0 amide bonds. The van der Waals surface area contributed by atoms with Crippen LogP contribution in [0, 0.1) is 0 Å². The first-order valence-corrected chi connectivity index (χ1v) is 6.82. The van der Waals surface area contributed by atoms with Gasteiger partial charge in [0.25, 0.3) is 0 Å². The SMILES string of the molecule is COc1cc(CNCC(O)CN(C)C)c(Br)cc1O.